The molecule has 0 fully saturated rings. The van der Waals surface area contributed by atoms with Crippen molar-refractivity contribution in [2.75, 3.05) is 6.61 Å². The van der Waals surface area contributed by atoms with Gasteiger partial charge in [-0.3, -0.25) is 0 Å². The van der Waals surface area contributed by atoms with Gasteiger partial charge in [-0.2, -0.15) is 0 Å². The Morgan fingerprint density at radius 1 is 0.518 bits per heavy atom. The van der Waals surface area contributed by atoms with Crippen LogP contribution in [0.4, 0.5) is 0 Å². The first-order valence-electron chi connectivity index (χ1n) is 25.1. The van der Waals surface area contributed by atoms with Crippen LogP contribution in [0.1, 0.15) is 199 Å². The van der Waals surface area contributed by atoms with E-state index < -0.39 is 64.3 Å². The maximum atomic E-state index is 8.07. The van der Waals surface area contributed by atoms with Crippen LogP contribution < -0.4 is 0 Å². The zero-order valence-electron chi connectivity index (χ0n) is 40.5. The molecule has 0 saturated heterocycles. The summed E-state index contributed by atoms with van der Waals surface area (Å²) in [4.78, 5) is 0. The van der Waals surface area contributed by atoms with Crippen LogP contribution in [0.5, 0.6) is 0 Å². The van der Waals surface area contributed by atoms with Crippen molar-refractivity contribution in [2.45, 2.75) is 273 Å². The molecule has 0 radical (unpaired) electrons. The predicted octanol–water partition coefficient (Wildman–Crippen LogP) is 17.1. The van der Waals surface area contributed by atoms with Gasteiger partial charge in [0.05, 0.1) is 0 Å². The third-order valence-electron chi connectivity index (χ3n) is 13.9. The van der Waals surface area contributed by atoms with Gasteiger partial charge in [-0.1, -0.05) is 0 Å². The molecule has 0 aromatic carbocycles. The summed E-state index contributed by atoms with van der Waals surface area (Å²) in [6.45, 7) is 32.4. The number of hydrogen-bond donors (Lipinski definition) is 0. The Morgan fingerprint density at radius 2 is 0.857 bits per heavy atom. The molecule has 334 valence electrons. The van der Waals surface area contributed by atoms with E-state index in [4.69, 9.17) is 15.3 Å². The van der Waals surface area contributed by atoms with Crippen LogP contribution in [0, 0.1) is 0 Å². The van der Waals surface area contributed by atoms with Gasteiger partial charge in [0.1, 0.15) is 0 Å². The second kappa shape index (κ2) is 31.0. The first kappa shape index (κ1) is 56.1. The van der Waals surface area contributed by atoms with Crippen molar-refractivity contribution in [3.63, 3.8) is 0 Å². The quantitative estimate of drug-likeness (QED) is 0.0586. The molecular formula is C48H102O4SiSn3. The second-order valence-corrected chi connectivity index (χ2v) is 63.8. The van der Waals surface area contributed by atoms with Crippen molar-refractivity contribution in [3.05, 3.63) is 12.3 Å². The maximum absolute atomic E-state index is 8.07. The van der Waals surface area contributed by atoms with Crippen LogP contribution in [0.25, 0.3) is 0 Å². The Morgan fingerprint density at radius 3 is 1.20 bits per heavy atom. The first-order valence-corrected chi connectivity index (χ1v) is 50.2. The molecule has 0 spiro atoms. The molecule has 4 nitrogen and oxygen atoms in total. The minimum atomic E-state index is -3.08. The molecule has 0 saturated carbocycles. The fraction of sp³-hybridized carbons (Fsp3) is 0.958. The summed E-state index contributed by atoms with van der Waals surface area (Å²) in [6.07, 6.45) is 28.0. The summed E-state index contributed by atoms with van der Waals surface area (Å²) in [7, 11) is -2.17. The summed E-state index contributed by atoms with van der Waals surface area (Å²) >= 11 is -8.58. The summed E-state index contributed by atoms with van der Waals surface area (Å²) < 4.78 is 44.8. The molecule has 0 aromatic rings. The summed E-state index contributed by atoms with van der Waals surface area (Å²) in [5, 5.41) is 0.176. The van der Waals surface area contributed by atoms with E-state index in [-0.39, 0.29) is 23.4 Å². The van der Waals surface area contributed by atoms with Gasteiger partial charge in [0.15, 0.2) is 0 Å². The van der Waals surface area contributed by atoms with Gasteiger partial charge >= 0.3 is 371 Å². The van der Waals surface area contributed by atoms with Gasteiger partial charge < -0.3 is 0 Å². The third-order valence-corrected chi connectivity index (χ3v) is 69.7. The topological polar surface area (TPSA) is 36.9 Å². The molecule has 0 aliphatic carbocycles. The van der Waals surface area contributed by atoms with Crippen LogP contribution in [0.3, 0.4) is 0 Å². The van der Waals surface area contributed by atoms with Crippen LogP contribution in [-0.4, -0.2) is 89.2 Å². The summed E-state index contributed by atoms with van der Waals surface area (Å²) in [5.41, 5.74) is 0. The Bertz CT molecular complexity index is 925. The average Bonchev–Trinajstić information content (AvgIpc) is 3.18. The Balaban J connectivity index is 3.86. The van der Waals surface area contributed by atoms with E-state index in [1.807, 2.05) is 6.26 Å². The minimum absolute atomic E-state index is 0.0131. The van der Waals surface area contributed by atoms with Crippen molar-refractivity contribution in [1.29, 1.82) is 0 Å². The van der Waals surface area contributed by atoms with Gasteiger partial charge in [-0.15, -0.1) is 0 Å². The van der Waals surface area contributed by atoms with Crippen molar-refractivity contribution >= 4 is 64.3 Å². The van der Waals surface area contributed by atoms with Gasteiger partial charge in [-0.25, -0.2) is 0 Å². The standard InChI is InChI=1S/C12H21O4Si.9C4H9.3Sn/c1-12(2,3)17(4,5)16-8-10-11(14)9(13)6-7-15-10;9*1-3-4-2;;;/h6-7,9-11H,4,8H2,1-3,5H3;9*1,3-4H2,2H3;;;/q-2;;;;;;;;;;;2*+1/t9-,10-,11+,17?;;;;;;;;;;;;/m1............/s1. The number of unbranched alkanes of at least 4 members (excludes halogenated alkanes) is 9. The average molecular weight is 1130 g/mol. The fourth-order valence-corrected chi connectivity index (χ4v) is 75.0. The molecular weight excluding hydrogens is 1020 g/mol. The van der Waals surface area contributed by atoms with E-state index in [2.05, 4.69) is 95.7 Å². The SMILES string of the molecule is CCC[CH2][Sn]([CH2]CCC)([CH2]CCC)[CH2][Si](C)(OC[C@H]1OC=C[C@@H]([O][Sn]([CH2]CCC)([CH2]CCC)[CH2]CCC)[C@@H]1[O][Sn]([CH2]CCC)([CH2]CCC)[CH2]CCC)C(C)(C)C. The normalized spacial score (nSPS) is 19.3. The molecule has 0 bridgehead atoms. The summed E-state index contributed by atoms with van der Waals surface area (Å²) in [5.74, 6) is 0. The van der Waals surface area contributed by atoms with Crippen molar-refractivity contribution in [1.82, 2.24) is 0 Å². The molecule has 56 heavy (non-hydrogen) atoms. The Labute approximate surface area is 367 Å². The molecule has 4 atom stereocenters. The van der Waals surface area contributed by atoms with E-state index >= 15 is 0 Å². The molecule has 1 aliphatic heterocycles. The van der Waals surface area contributed by atoms with Gasteiger partial charge in [0.2, 0.25) is 0 Å². The molecule has 1 rings (SSSR count). The zero-order chi connectivity index (χ0) is 42.0. The predicted molar refractivity (Wildman–Crippen MR) is 261 cm³/mol. The van der Waals surface area contributed by atoms with E-state index in [9.17, 15) is 0 Å². The van der Waals surface area contributed by atoms with Crippen LogP contribution in [0.2, 0.25) is 55.6 Å². The van der Waals surface area contributed by atoms with Crippen molar-refractivity contribution < 1.29 is 15.3 Å². The first-order chi connectivity index (χ1) is 26.8. The number of rotatable bonds is 36. The second-order valence-electron chi connectivity index (χ2n) is 19.9. The number of hydrogen-bond acceptors (Lipinski definition) is 4. The molecule has 8 heteroatoms. The zero-order valence-corrected chi connectivity index (χ0v) is 50.1. The van der Waals surface area contributed by atoms with Gasteiger partial charge in [0, 0.05) is 0 Å². The molecule has 1 aliphatic rings. The fourth-order valence-electron chi connectivity index (χ4n) is 9.49. The Hall–Kier alpha value is 2.03. The monoisotopic (exact) mass is 1130 g/mol. The van der Waals surface area contributed by atoms with Gasteiger partial charge in [0.25, 0.3) is 0 Å². The molecule has 1 unspecified atom stereocenters. The Kier molecular flexibility index (Phi) is 31.0. The molecule has 0 aromatic heterocycles. The van der Waals surface area contributed by atoms with Crippen molar-refractivity contribution in [3.8, 4) is 0 Å². The molecule has 0 N–H and O–H groups in total. The summed E-state index contributed by atoms with van der Waals surface area (Å²) in [6, 6.07) is 0. The number of ether oxygens (including phenoxy) is 1. The van der Waals surface area contributed by atoms with E-state index in [0.717, 1.165) is 0 Å². The molecule has 0 amide bonds. The van der Waals surface area contributed by atoms with Crippen LogP contribution in [-0.2, 0) is 15.3 Å². The van der Waals surface area contributed by atoms with Crippen molar-refractivity contribution in [2.24, 2.45) is 0 Å². The third kappa shape index (κ3) is 20.0. The molecule has 1 heterocycles. The van der Waals surface area contributed by atoms with Crippen LogP contribution in [0.15, 0.2) is 12.3 Å². The van der Waals surface area contributed by atoms with E-state index in [0.29, 0.717) is 6.61 Å². The van der Waals surface area contributed by atoms with E-state index in [1.54, 1.807) is 13.3 Å². The van der Waals surface area contributed by atoms with Crippen LogP contribution >= 0.6 is 0 Å². The van der Waals surface area contributed by atoms with E-state index in [1.165, 1.54) is 146 Å². The van der Waals surface area contributed by atoms with Gasteiger partial charge in [-0.05, 0) is 0 Å².